The van der Waals surface area contributed by atoms with Crippen molar-refractivity contribution in [2.75, 3.05) is 5.43 Å². The molecule has 0 bridgehead atoms. The standard InChI is InChI=1S/C9H10N4O5/c14-8(3-4-9(15)16)12-11-7-2-1-6(5-10-7)13(17)18/h1-2,5H,3-4H2,(H,10,11)(H,12,14)(H,15,16). The van der Waals surface area contributed by atoms with Crippen molar-refractivity contribution in [3.8, 4) is 0 Å². The van der Waals surface area contributed by atoms with Gasteiger partial charge >= 0.3 is 5.97 Å². The van der Waals surface area contributed by atoms with Crippen LogP contribution in [0.4, 0.5) is 11.5 Å². The third-order valence-corrected chi connectivity index (χ3v) is 1.85. The minimum atomic E-state index is -1.07. The zero-order valence-electron chi connectivity index (χ0n) is 9.12. The summed E-state index contributed by atoms with van der Waals surface area (Å²) in [5.41, 5.74) is 4.46. The predicted molar refractivity (Wildman–Crippen MR) is 59.5 cm³/mol. The second-order valence-electron chi connectivity index (χ2n) is 3.23. The molecule has 96 valence electrons. The minimum absolute atomic E-state index is 0.169. The van der Waals surface area contributed by atoms with Crippen LogP contribution in [0.3, 0.4) is 0 Å². The van der Waals surface area contributed by atoms with Crippen LogP contribution < -0.4 is 10.9 Å². The van der Waals surface area contributed by atoms with Crippen LogP contribution in [0.25, 0.3) is 0 Å². The SMILES string of the molecule is O=C(O)CCC(=O)NNc1ccc([N+](=O)[O-])cn1. The van der Waals surface area contributed by atoms with Crippen LogP contribution >= 0.6 is 0 Å². The van der Waals surface area contributed by atoms with Gasteiger partial charge in [0.25, 0.3) is 5.69 Å². The van der Waals surface area contributed by atoms with E-state index in [9.17, 15) is 19.7 Å². The highest BCUT2D eigenvalue weighted by Crippen LogP contribution is 2.10. The van der Waals surface area contributed by atoms with E-state index in [1.165, 1.54) is 12.1 Å². The Morgan fingerprint density at radius 1 is 1.39 bits per heavy atom. The number of carboxylic acid groups (broad SMARTS) is 1. The molecule has 9 nitrogen and oxygen atoms in total. The quantitative estimate of drug-likeness (QED) is 0.490. The lowest BCUT2D eigenvalue weighted by atomic mass is 10.3. The van der Waals surface area contributed by atoms with Gasteiger partial charge in [-0.25, -0.2) is 4.98 Å². The summed E-state index contributed by atoms with van der Waals surface area (Å²) in [6, 6.07) is 2.54. The lowest BCUT2D eigenvalue weighted by molar-refractivity contribution is -0.385. The molecule has 0 fully saturated rings. The fraction of sp³-hybridized carbons (Fsp3) is 0.222. The topological polar surface area (TPSA) is 134 Å². The van der Waals surface area contributed by atoms with E-state index in [0.29, 0.717) is 0 Å². The van der Waals surface area contributed by atoms with Crippen LogP contribution in [0.1, 0.15) is 12.8 Å². The molecule has 9 heteroatoms. The van der Waals surface area contributed by atoms with Crippen molar-refractivity contribution in [1.82, 2.24) is 10.4 Å². The first-order valence-corrected chi connectivity index (χ1v) is 4.86. The van der Waals surface area contributed by atoms with Gasteiger partial charge in [0.1, 0.15) is 12.0 Å². The van der Waals surface area contributed by atoms with E-state index in [1.807, 2.05) is 0 Å². The molecule has 0 saturated carbocycles. The van der Waals surface area contributed by atoms with Gasteiger partial charge in [-0.15, -0.1) is 0 Å². The van der Waals surface area contributed by atoms with Crippen molar-refractivity contribution in [2.45, 2.75) is 12.8 Å². The van der Waals surface area contributed by atoms with E-state index >= 15 is 0 Å². The van der Waals surface area contributed by atoms with Gasteiger partial charge in [-0.05, 0) is 6.07 Å². The monoisotopic (exact) mass is 254 g/mol. The fourth-order valence-electron chi connectivity index (χ4n) is 0.985. The van der Waals surface area contributed by atoms with Crippen LogP contribution in [0.5, 0.6) is 0 Å². The molecule has 1 aromatic heterocycles. The Balaban J connectivity index is 2.41. The Bertz CT molecular complexity index is 459. The summed E-state index contributed by atoms with van der Waals surface area (Å²) in [5, 5.41) is 18.7. The number of carbonyl (C=O) groups excluding carboxylic acids is 1. The molecule has 0 atom stereocenters. The van der Waals surface area contributed by atoms with Crippen molar-refractivity contribution < 1.29 is 19.6 Å². The Morgan fingerprint density at radius 2 is 2.11 bits per heavy atom. The molecule has 1 amide bonds. The average Bonchev–Trinajstić information content (AvgIpc) is 2.34. The first-order chi connectivity index (χ1) is 8.49. The molecule has 1 aromatic rings. The number of carboxylic acids is 1. The van der Waals surface area contributed by atoms with Crippen LogP contribution in [-0.2, 0) is 9.59 Å². The number of nitrogens with one attached hydrogen (secondary N) is 2. The van der Waals surface area contributed by atoms with E-state index in [4.69, 9.17) is 5.11 Å². The number of hydrazine groups is 1. The van der Waals surface area contributed by atoms with Crippen molar-refractivity contribution >= 4 is 23.4 Å². The molecule has 1 heterocycles. The zero-order chi connectivity index (χ0) is 13.5. The summed E-state index contributed by atoms with van der Waals surface area (Å²) in [6.07, 6.45) is 0.586. The summed E-state index contributed by atoms with van der Waals surface area (Å²) in [7, 11) is 0. The molecule has 3 N–H and O–H groups in total. The number of anilines is 1. The van der Waals surface area contributed by atoms with Crippen LogP contribution in [-0.4, -0.2) is 26.9 Å². The van der Waals surface area contributed by atoms with Gasteiger partial charge in [-0.3, -0.25) is 30.6 Å². The lowest BCUT2D eigenvalue weighted by Gasteiger charge is -2.06. The van der Waals surface area contributed by atoms with E-state index in [0.717, 1.165) is 6.20 Å². The van der Waals surface area contributed by atoms with Gasteiger partial charge in [0.2, 0.25) is 5.91 Å². The zero-order valence-corrected chi connectivity index (χ0v) is 9.12. The number of pyridine rings is 1. The first-order valence-electron chi connectivity index (χ1n) is 4.86. The Labute approximate surface area is 101 Å². The lowest BCUT2D eigenvalue weighted by Crippen LogP contribution is -2.29. The Morgan fingerprint density at radius 3 is 2.61 bits per heavy atom. The molecular formula is C9H10N4O5. The van der Waals surface area contributed by atoms with Gasteiger partial charge in [-0.1, -0.05) is 0 Å². The van der Waals surface area contributed by atoms with E-state index in [2.05, 4.69) is 15.8 Å². The summed E-state index contributed by atoms with van der Waals surface area (Å²) >= 11 is 0. The van der Waals surface area contributed by atoms with Crippen molar-refractivity contribution in [3.05, 3.63) is 28.4 Å². The van der Waals surface area contributed by atoms with E-state index < -0.39 is 16.8 Å². The number of rotatable bonds is 6. The summed E-state index contributed by atoms with van der Waals surface area (Å²) in [4.78, 5) is 34.8. The normalized spacial score (nSPS) is 9.56. The third kappa shape index (κ3) is 4.43. The number of hydrogen-bond acceptors (Lipinski definition) is 6. The third-order valence-electron chi connectivity index (χ3n) is 1.85. The molecule has 0 aromatic carbocycles. The largest absolute Gasteiger partial charge is 0.481 e. The number of carbonyl (C=O) groups is 2. The summed E-state index contributed by atoms with van der Waals surface area (Å²) < 4.78 is 0. The maximum atomic E-state index is 11.1. The van der Waals surface area contributed by atoms with Gasteiger partial charge in [0, 0.05) is 12.5 Å². The second-order valence-corrected chi connectivity index (χ2v) is 3.23. The number of aliphatic carboxylic acids is 1. The molecule has 0 aliphatic rings. The molecule has 0 unspecified atom stereocenters. The number of aromatic nitrogens is 1. The summed E-state index contributed by atoms with van der Waals surface area (Å²) in [6.45, 7) is 0. The first kappa shape index (κ1) is 13.4. The van der Waals surface area contributed by atoms with E-state index in [-0.39, 0.29) is 24.3 Å². The van der Waals surface area contributed by atoms with Gasteiger partial charge in [-0.2, -0.15) is 0 Å². The van der Waals surface area contributed by atoms with Gasteiger partial charge < -0.3 is 5.11 Å². The van der Waals surface area contributed by atoms with Gasteiger partial charge in [0.05, 0.1) is 11.3 Å². The fourth-order valence-corrected chi connectivity index (χ4v) is 0.985. The molecule has 1 rings (SSSR count). The molecule has 18 heavy (non-hydrogen) atoms. The molecule has 0 spiro atoms. The Kier molecular flexibility index (Phi) is 4.55. The number of nitrogens with zero attached hydrogens (tertiary/aromatic N) is 2. The summed E-state index contributed by atoms with van der Waals surface area (Å²) in [5.74, 6) is -1.37. The molecule has 0 aliphatic heterocycles. The molecular weight excluding hydrogens is 244 g/mol. The highest BCUT2D eigenvalue weighted by molar-refractivity contribution is 5.81. The molecule has 0 aliphatic carbocycles. The van der Waals surface area contributed by atoms with Crippen LogP contribution in [0.2, 0.25) is 0 Å². The van der Waals surface area contributed by atoms with Crippen LogP contribution in [0.15, 0.2) is 18.3 Å². The number of hydrogen-bond donors (Lipinski definition) is 3. The highest BCUT2D eigenvalue weighted by atomic mass is 16.6. The van der Waals surface area contributed by atoms with Gasteiger partial charge in [0.15, 0.2) is 0 Å². The average molecular weight is 254 g/mol. The Hall–Kier alpha value is -2.71. The number of amides is 1. The minimum Gasteiger partial charge on any atom is -0.481 e. The molecule has 0 radical (unpaired) electrons. The number of nitro groups is 1. The van der Waals surface area contributed by atoms with Crippen molar-refractivity contribution in [1.29, 1.82) is 0 Å². The smallest absolute Gasteiger partial charge is 0.303 e. The molecule has 0 saturated heterocycles. The van der Waals surface area contributed by atoms with Crippen LogP contribution in [0, 0.1) is 10.1 Å². The second kappa shape index (κ2) is 6.13. The van der Waals surface area contributed by atoms with E-state index in [1.54, 1.807) is 0 Å². The van der Waals surface area contributed by atoms with Crippen molar-refractivity contribution in [3.63, 3.8) is 0 Å². The maximum Gasteiger partial charge on any atom is 0.303 e. The maximum absolute atomic E-state index is 11.1. The predicted octanol–water partition coefficient (Wildman–Crippen LogP) is 0.298. The highest BCUT2D eigenvalue weighted by Gasteiger charge is 2.07. The van der Waals surface area contributed by atoms with Crippen molar-refractivity contribution in [2.24, 2.45) is 0 Å².